The van der Waals surface area contributed by atoms with Crippen molar-refractivity contribution in [3.05, 3.63) is 60.2 Å². The second-order valence-electron chi connectivity index (χ2n) is 8.99. The van der Waals surface area contributed by atoms with E-state index in [0.29, 0.717) is 32.5 Å². The van der Waals surface area contributed by atoms with Gasteiger partial charge < -0.3 is 20.1 Å². The summed E-state index contributed by atoms with van der Waals surface area (Å²) in [6.07, 6.45) is 3.73. The number of amides is 2. The number of pyridine rings is 2. The summed E-state index contributed by atoms with van der Waals surface area (Å²) in [6.45, 7) is 6.79. The summed E-state index contributed by atoms with van der Waals surface area (Å²) in [4.78, 5) is 47.4. The second-order valence-corrected chi connectivity index (χ2v) is 8.99. The first-order valence-electron chi connectivity index (χ1n) is 11.5. The summed E-state index contributed by atoms with van der Waals surface area (Å²) in [5.41, 5.74) is 1.13. The molecule has 2 N–H and O–H groups in total. The van der Waals surface area contributed by atoms with Gasteiger partial charge in [0.05, 0.1) is 18.5 Å². The van der Waals surface area contributed by atoms with Gasteiger partial charge in [-0.3, -0.25) is 24.5 Å². The Bertz CT molecular complexity index is 893. The molecule has 0 unspecified atom stereocenters. The van der Waals surface area contributed by atoms with Gasteiger partial charge >= 0.3 is 12.1 Å². The molecule has 0 radical (unpaired) electrons. The summed E-state index contributed by atoms with van der Waals surface area (Å²) < 4.78 is 9.87. The molecule has 35 heavy (non-hydrogen) atoms. The maximum Gasteiger partial charge on any atom is 0.408 e. The molecule has 0 bridgehead atoms. The Balaban J connectivity index is 2.03. The third kappa shape index (κ3) is 11.4. The highest BCUT2D eigenvalue weighted by Crippen LogP contribution is 2.11. The molecule has 0 aromatic carbocycles. The van der Waals surface area contributed by atoms with Crippen LogP contribution in [0, 0.1) is 0 Å². The van der Waals surface area contributed by atoms with Crippen molar-refractivity contribution in [2.75, 3.05) is 20.2 Å². The minimum absolute atomic E-state index is 0.284. The molecule has 2 amide bonds. The van der Waals surface area contributed by atoms with Crippen LogP contribution in [0.25, 0.3) is 0 Å². The van der Waals surface area contributed by atoms with E-state index in [1.165, 1.54) is 7.11 Å². The molecule has 2 heterocycles. The summed E-state index contributed by atoms with van der Waals surface area (Å²) >= 11 is 0. The van der Waals surface area contributed by atoms with E-state index in [2.05, 4.69) is 30.2 Å². The number of alkyl carbamates (subject to hydrolysis) is 1. The average Bonchev–Trinajstić information content (AvgIpc) is 2.81. The van der Waals surface area contributed by atoms with Crippen molar-refractivity contribution in [1.82, 2.24) is 25.5 Å². The highest BCUT2D eigenvalue weighted by molar-refractivity contribution is 5.88. The molecular weight excluding hydrogens is 450 g/mol. The molecule has 0 fully saturated rings. The minimum Gasteiger partial charge on any atom is -0.468 e. The van der Waals surface area contributed by atoms with Crippen molar-refractivity contribution < 1.29 is 23.9 Å². The fourth-order valence-corrected chi connectivity index (χ4v) is 3.25. The Hall–Kier alpha value is -3.53. The lowest BCUT2D eigenvalue weighted by Crippen LogP contribution is -2.49. The van der Waals surface area contributed by atoms with Crippen LogP contribution in [0.3, 0.4) is 0 Å². The van der Waals surface area contributed by atoms with Crippen LogP contribution in [0.2, 0.25) is 0 Å². The molecule has 0 saturated carbocycles. The molecule has 0 aliphatic carbocycles. The molecule has 2 aromatic rings. The fourth-order valence-electron chi connectivity index (χ4n) is 3.25. The van der Waals surface area contributed by atoms with Gasteiger partial charge in [-0.1, -0.05) is 12.1 Å². The van der Waals surface area contributed by atoms with Crippen molar-refractivity contribution in [3.8, 4) is 0 Å². The largest absolute Gasteiger partial charge is 0.468 e. The molecular formula is C25H35N5O5. The lowest BCUT2D eigenvalue weighted by atomic mass is 10.1. The lowest BCUT2D eigenvalue weighted by Gasteiger charge is -2.25. The monoisotopic (exact) mass is 485 g/mol. The maximum absolute atomic E-state index is 12.7. The zero-order valence-electron chi connectivity index (χ0n) is 20.8. The Morgan fingerprint density at radius 2 is 1.60 bits per heavy atom. The molecule has 10 heteroatoms. The lowest BCUT2D eigenvalue weighted by molar-refractivity contribution is -0.141. The molecule has 2 rings (SSSR count). The third-order valence-electron chi connectivity index (χ3n) is 4.83. The Morgan fingerprint density at radius 1 is 1.00 bits per heavy atom. The van der Waals surface area contributed by atoms with E-state index in [1.807, 2.05) is 36.4 Å². The number of aromatic nitrogens is 2. The average molecular weight is 486 g/mol. The van der Waals surface area contributed by atoms with Gasteiger partial charge in [-0.05, 0) is 64.4 Å². The molecule has 0 saturated heterocycles. The zero-order chi connectivity index (χ0) is 25.7. The van der Waals surface area contributed by atoms with Crippen LogP contribution in [-0.4, -0.2) is 64.7 Å². The van der Waals surface area contributed by atoms with E-state index in [1.54, 1.807) is 33.2 Å². The number of nitrogens with zero attached hydrogens (tertiary/aromatic N) is 3. The smallest absolute Gasteiger partial charge is 0.408 e. The van der Waals surface area contributed by atoms with Crippen LogP contribution in [0.1, 0.15) is 45.0 Å². The topological polar surface area (TPSA) is 123 Å². The highest BCUT2D eigenvalue weighted by Gasteiger charge is 2.25. The van der Waals surface area contributed by atoms with Gasteiger partial charge in [0.2, 0.25) is 5.91 Å². The van der Waals surface area contributed by atoms with Crippen LogP contribution in [0.15, 0.2) is 48.8 Å². The van der Waals surface area contributed by atoms with Crippen molar-refractivity contribution in [3.63, 3.8) is 0 Å². The van der Waals surface area contributed by atoms with Crippen molar-refractivity contribution in [2.24, 2.45) is 0 Å². The summed E-state index contributed by atoms with van der Waals surface area (Å²) in [7, 11) is 1.24. The van der Waals surface area contributed by atoms with E-state index in [4.69, 9.17) is 4.74 Å². The number of esters is 1. The highest BCUT2D eigenvalue weighted by atomic mass is 16.6. The molecule has 0 spiro atoms. The van der Waals surface area contributed by atoms with Crippen molar-refractivity contribution >= 4 is 18.0 Å². The van der Waals surface area contributed by atoms with Gasteiger partial charge in [-0.15, -0.1) is 0 Å². The van der Waals surface area contributed by atoms with Gasteiger partial charge in [0.25, 0.3) is 0 Å². The normalized spacial score (nSPS) is 12.0. The number of carbonyl (C=O) groups excluding carboxylic acids is 3. The number of ether oxygens (including phenoxy) is 2. The Kier molecular flexibility index (Phi) is 11.1. The maximum atomic E-state index is 12.7. The number of nitrogens with one attached hydrogen (secondary N) is 2. The summed E-state index contributed by atoms with van der Waals surface area (Å²) in [5.74, 6) is -1.06. The van der Waals surface area contributed by atoms with E-state index in [9.17, 15) is 14.4 Å². The van der Waals surface area contributed by atoms with Crippen LogP contribution in [0.5, 0.6) is 0 Å². The van der Waals surface area contributed by atoms with E-state index in [-0.39, 0.29) is 6.54 Å². The quantitative estimate of drug-likeness (QED) is 0.440. The van der Waals surface area contributed by atoms with Gasteiger partial charge in [0, 0.05) is 25.5 Å². The fraction of sp³-hybridized carbons (Fsp3) is 0.480. The van der Waals surface area contributed by atoms with E-state index >= 15 is 0 Å². The summed E-state index contributed by atoms with van der Waals surface area (Å²) in [5, 5.41) is 5.12. The van der Waals surface area contributed by atoms with Crippen molar-refractivity contribution in [1.29, 1.82) is 0 Å². The minimum atomic E-state index is -0.874. The van der Waals surface area contributed by atoms with Crippen LogP contribution in [-0.2, 0) is 32.2 Å². The predicted molar refractivity (Wildman–Crippen MR) is 130 cm³/mol. The number of hydrogen-bond donors (Lipinski definition) is 2. The molecule has 0 aliphatic heterocycles. The second kappa shape index (κ2) is 14.0. The Morgan fingerprint density at radius 3 is 2.09 bits per heavy atom. The first-order chi connectivity index (χ1) is 16.7. The molecule has 0 aliphatic rings. The number of carbonyl (C=O) groups is 3. The zero-order valence-corrected chi connectivity index (χ0v) is 20.8. The number of hydrogen-bond acceptors (Lipinski definition) is 8. The van der Waals surface area contributed by atoms with Gasteiger partial charge in [-0.25, -0.2) is 4.79 Å². The molecule has 10 nitrogen and oxygen atoms in total. The van der Waals surface area contributed by atoms with Gasteiger partial charge in [-0.2, -0.15) is 0 Å². The van der Waals surface area contributed by atoms with Gasteiger partial charge in [0.15, 0.2) is 0 Å². The standard InChI is InChI=1S/C25H35N5O5/c1-25(2,3)35-24(33)29-21(23(32)28-16-22(31)34-4)12-9-15-30(17-19-10-5-7-13-26-19)18-20-11-6-8-14-27-20/h5-8,10-11,13-14,21H,9,12,15-18H2,1-4H3,(H,28,32)(H,29,33)/t21-/m0/s1. The molecule has 1 atom stereocenters. The van der Waals surface area contributed by atoms with Crippen LogP contribution in [0.4, 0.5) is 4.79 Å². The predicted octanol–water partition coefficient (Wildman–Crippen LogP) is 2.44. The first-order valence-corrected chi connectivity index (χ1v) is 11.5. The van der Waals surface area contributed by atoms with E-state index < -0.39 is 29.6 Å². The summed E-state index contributed by atoms with van der Waals surface area (Å²) in [6, 6.07) is 10.7. The number of rotatable bonds is 12. The third-order valence-corrected chi connectivity index (χ3v) is 4.83. The molecule has 2 aromatic heterocycles. The van der Waals surface area contributed by atoms with Crippen LogP contribution < -0.4 is 10.6 Å². The number of methoxy groups -OCH3 is 1. The Labute approximate surface area is 206 Å². The first kappa shape index (κ1) is 27.7. The van der Waals surface area contributed by atoms with Crippen molar-refractivity contribution in [2.45, 2.75) is 58.3 Å². The van der Waals surface area contributed by atoms with E-state index in [0.717, 1.165) is 11.4 Å². The SMILES string of the molecule is COC(=O)CNC(=O)[C@H](CCCN(Cc1ccccn1)Cc1ccccn1)NC(=O)OC(C)(C)C. The molecule has 190 valence electrons. The van der Waals surface area contributed by atoms with Crippen LogP contribution >= 0.6 is 0 Å². The van der Waals surface area contributed by atoms with Gasteiger partial charge in [0.1, 0.15) is 18.2 Å².